The Morgan fingerprint density at radius 2 is 1.66 bits per heavy atom. The van der Waals surface area contributed by atoms with Gasteiger partial charge in [-0.15, -0.1) is 15.8 Å². The first kappa shape index (κ1) is 39.1. The quantitative estimate of drug-likeness (QED) is 0.108. The summed E-state index contributed by atoms with van der Waals surface area (Å²) in [6.07, 6.45) is -6.87. The maximum atomic E-state index is 14.1. The van der Waals surface area contributed by atoms with Crippen molar-refractivity contribution in [3.8, 4) is 28.1 Å². The van der Waals surface area contributed by atoms with E-state index in [2.05, 4.69) is 22.4 Å². The van der Waals surface area contributed by atoms with Gasteiger partial charge in [0.05, 0.1) is 38.3 Å². The van der Waals surface area contributed by atoms with E-state index in [9.17, 15) is 39.6 Å². The van der Waals surface area contributed by atoms with Crippen LogP contribution in [-0.4, -0.2) is 70.4 Å². The van der Waals surface area contributed by atoms with Crippen LogP contribution in [0.15, 0.2) is 54.6 Å². The van der Waals surface area contributed by atoms with Gasteiger partial charge < -0.3 is 0 Å². The molecule has 2 fully saturated rings. The lowest BCUT2D eigenvalue weighted by atomic mass is 10.1. The van der Waals surface area contributed by atoms with Crippen LogP contribution in [0, 0.1) is 11.8 Å². The Labute approximate surface area is 316 Å². The third-order valence-electron chi connectivity index (χ3n) is 8.72. The van der Waals surface area contributed by atoms with E-state index in [0.717, 1.165) is 47.7 Å². The summed E-state index contributed by atoms with van der Waals surface area (Å²) >= 11 is 13.9. The van der Waals surface area contributed by atoms with Gasteiger partial charge in [0.15, 0.2) is 5.69 Å². The normalized spacial score (nSPS) is 17.4. The number of nitrogens with one attached hydrogen (secondary N) is 1. The SMILES string of the molecule is O=C(NN1CCCCC1)c1nn(-c2ccc(Cl)cc2Cl)c(-c2ccc(C#Cc3ccc(C(F)(F)F)cc3)s2)c1CN(N1CCC[C@@H]1C(F)(F)F)[SH](=O)=O. The van der Waals surface area contributed by atoms with Crippen molar-refractivity contribution in [3.63, 3.8) is 0 Å². The number of hydrogen-bond donors (Lipinski definition) is 2. The van der Waals surface area contributed by atoms with Crippen molar-refractivity contribution in [2.24, 2.45) is 0 Å². The van der Waals surface area contributed by atoms with Gasteiger partial charge in [-0.1, -0.05) is 41.5 Å². The number of halogens is 8. The molecule has 0 spiro atoms. The zero-order valence-corrected chi connectivity index (χ0v) is 30.7. The number of thiol groups is 1. The van der Waals surface area contributed by atoms with Crippen LogP contribution in [0.4, 0.5) is 26.3 Å². The molecule has 2 aromatic carbocycles. The topological polar surface area (TPSA) is 90.8 Å². The highest BCUT2D eigenvalue weighted by atomic mass is 35.5. The summed E-state index contributed by atoms with van der Waals surface area (Å²) in [5, 5.41) is 7.47. The van der Waals surface area contributed by atoms with Crippen molar-refractivity contribution in [2.45, 2.75) is 57.0 Å². The smallest absolute Gasteiger partial charge is 0.283 e. The fraction of sp³-hybridized carbons (Fsp3) is 0.353. The molecule has 4 heterocycles. The predicted octanol–water partition coefficient (Wildman–Crippen LogP) is 7.73. The molecule has 0 radical (unpaired) electrons. The lowest BCUT2D eigenvalue weighted by molar-refractivity contribution is -0.197. The number of thiophene rings is 1. The number of hydrazine groups is 2. The molecule has 0 unspecified atom stereocenters. The summed E-state index contributed by atoms with van der Waals surface area (Å²) in [6.45, 7) is 0.212. The monoisotopic (exact) mass is 818 g/mol. The van der Waals surface area contributed by atoms with E-state index < -0.39 is 47.3 Å². The standard InChI is InChI=1S/C34H30Cl2F6N6O3S2/c35-23-11-14-27(26(36)19-23)48-31(28-15-13-24(52-28)12-8-21-6-9-22(10-7-21)33(37,38)39)25(30(43-48)32(49)44-45-16-2-1-3-17-45)20-47(53(50)51)46-18-4-5-29(46)34(40,41)42/h6-7,9-11,13-15,19,29,53H,1-5,16-18,20H2,(H,44,49)/t29-/m1/s1. The molecule has 1 atom stereocenters. The van der Waals surface area contributed by atoms with Gasteiger partial charge in [0.1, 0.15) is 6.04 Å². The van der Waals surface area contributed by atoms with E-state index >= 15 is 0 Å². The van der Waals surface area contributed by atoms with Gasteiger partial charge in [0, 0.05) is 35.8 Å². The molecule has 1 N–H and O–H groups in total. The largest absolute Gasteiger partial charge is 0.416 e. The number of alkyl halides is 6. The molecule has 2 aliphatic heterocycles. The lowest BCUT2D eigenvalue weighted by Gasteiger charge is -2.33. The van der Waals surface area contributed by atoms with Crippen LogP contribution >= 0.6 is 34.5 Å². The van der Waals surface area contributed by atoms with E-state index in [-0.39, 0.29) is 52.1 Å². The van der Waals surface area contributed by atoms with Gasteiger partial charge in [-0.25, -0.2) is 23.1 Å². The molecule has 2 aromatic heterocycles. The molecule has 6 rings (SSSR count). The number of benzene rings is 2. The number of rotatable bonds is 8. The Morgan fingerprint density at radius 3 is 2.30 bits per heavy atom. The average molecular weight is 820 g/mol. The molecule has 0 aliphatic carbocycles. The second kappa shape index (κ2) is 16.0. The zero-order chi connectivity index (χ0) is 38.1. The minimum Gasteiger partial charge on any atom is -0.283 e. The third kappa shape index (κ3) is 9.02. The fourth-order valence-electron chi connectivity index (χ4n) is 6.22. The molecule has 282 valence electrons. The molecule has 0 bridgehead atoms. The van der Waals surface area contributed by atoms with Crippen LogP contribution in [0.2, 0.25) is 10.0 Å². The Bertz CT molecular complexity index is 2110. The number of carbonyl (C=O) groups excluding carboxylic acids is 1. The molecule has 0 saturated carbocycles. The zero-order valence-electron chi connectivity index (χ0n) is 27.5. The van der Waals surface area contributed by atoms with Gasteiger partial charge in [-0.2, -0.15) is 31.4 Å². The van der Waals surface area contributed by atoms with E-state index in [1.165, 1.54) is 35.0 Å². The molecule has 1 amide bonds. The first-order valence-electron chi connectivity index (χ1n) is 16.3. The molecular weight excluding hydrogens is 789 g/mol. The Balaban J connectivity index is 1.49. The van der Waals surface area contributed by atoms with Crippen LogP contribution in [0.25, 0.3) is 16.3 Å². The molecule has 2 aliphatic rings. The van der Waals surface area contributed by atoms with Crippen LogP contribution in [0.3, 0.4) is 0 Å². The minimum atomic E-state index is -4.73. The van der Waals surface area contributed by atoms with Gasteiger partial charge in [-0.05, 0) is 80.3 Å². The lowest BCUT2D eigenvalue weighted by Crippen LogP contribution is -2.50. The van der Waals surface area contributed by atoms with Gasteiger partial charge >= 0.3 is 12.4 Å². The third-order valence-corrected chi connectivity index (χ3v) is 11.0. The van der Waals surface area contributed by atoms with E-state index in [1.54, 1.807) is 17.1 Å². The van der Waals surface area contributed by atoms with E-state index in [0.29, 0.717) is 32.8 Å². The highest BCUT2D eigenvalue weighted by Crippen LogP contribution is 2.39. The summed E-state index contributed by atoms with van der Waals surface area (Å²) in [5.41, 5.74) is 2.46. The number of hydrogen-bond acceptors (Lipinski definition) is 7. The molecule has 4 aromatic rings. The highest BCUT2D eigenvalue weighted by Gasteiger charge is 2.49. The number of nitrogens with zero attached hydrogens (tertiary/aromatic N) is 5. The van der Waals surface area contributed by atoms with Crippen LogP contribution in [-0.2, 0) is 23.6 Å². The van der Waals surface area contributed by atoms with Crippen molar-refractivity contribution in [1.82, 2.24) is 29.6 Å². The molecule has 19 heteroatoms. The second-order valence-electron chi connectivity index (χ2n) is 12.3. The number of amides is 1. The van der Waals surface area contributed by atoms with Crippen molar-refractivity contribution in [3.05, 3.63) is 91.9 Å². The van der Waals surface area contributed by atoms with Gasteiger partial charge in [0.2, 0.25) is 10.9 Å². The predicted molar refractivity (Wildman–Crippen MR) is 189 cm³/mol. The summed E-state index contributed by atoms with van der Waals surface area (Å²) < 4.78 is 109. The minimum absolute atomic E-state index is 0.00153. The van der Waals surface area contributed by atoms with Crippen molar-refractivity contribution < 1.29 is 39.6 Å². The molecule has 2 saturated heterocycles. The number of piperidine rings is 1. The van der Waals surface area contributed by atoms with Gasteiger partial charge in [0.25, 0.3) is 5.91 Å². The van der Waals surface area contributed by atoms with E-state index in [4.69, 9.17) is 23.2 Å². The molecule has 9 nitrogen and oxygen atoms in total. The summed E-state index contributed by atoms with van der Waals surface area (Å²) in [7, 11) is -3.65. The maximum absolute atomic E-state index is 14.1. The highest BCUT2D eigenvalue weighted by molar-refractivity contribution is 7.69. The Morgan fingerprint density at radius 1 is 0.943 bits per heavy atom. The Kier molecular flexibility index (Phi) is 11.8. The van der Waals surface area contributed by atoms with E-state index in [1.807, 2.05) is 0 Å². The molecular formula is C34H30Cl2F6N6O3S2. The van der Waals surface area contributed by atoms with Gasteiger partial charge in [-0.3, -0.25) is 10.2 Å². The number of carbonyl (C=O) groups is 1. The van der Waals surface area contributed by atoms with Crippen molar-refractivity contribution >= 4 is 51.3 Å². The fourth-order valence-corrected chi connectivity index (χ4v) is 8.28. The van der Waals surface area contributed by atoms with Crippen LogP contribution < -0.4 is 5.43 Å². The van der Waals surface area contributed by atoms with Crippen LogP contribution in [0.5, 0.6) is 0 Å². The first-order chi connectivity index (χ1) is 25.1. The molecule has 53 heavy (non-hydrogen) atoms. The first-order valence-corrected chi connectivity index (χ1v) is 19.0. The Hall–Kier alpha value is -3.63. The number of aromatic nitrogens is 2. The summed E-state index contributed by atoms with van der Waals surface area (Å²) in [5.74, 6) is 5.01. The average Bonchev–Trinajstić information content (AvgIpc) is 3.85. The maximum Gasteiger partial charge on any atom is 0.416 e. The van der Waals surface area contributed by atoms with Crippen molar-refractivity contribution in [2.75, 3.05) is 19.6 Å². The summed E-state index contributed by atoms with van der Waals surface area (Å²) in [6, 6.07) is 9.94. The summed E-state index contributed by atoms with van der Waals surface area (Å²) in [4.78, 5) is 14.8. The van der Waals surface area contributed by atoms with Crippen molar-refractivity contribution in [1.29, 1.82) is 0 Å². The van der Waals surface area contributed by atoms with Crippen LogP contribution in [0.1, 0.15) is 64.2 Å². The second-order valence-corrected chi connectivity index (χ2v) is 15.2.